The third kappa shape index (κ3) is 3.81. The largest absolute Gasteiger partial charge is 0.348 e. The highest BCUT2D eigenvalue weighted by molar-refractivity contribution is 5.83. The summed E-state index contributed by atoms with van der Waals surface area (Å²) in [5.74, 6) is -0.417. The van der Waals surface area contributed by atoms with Crippen molar-refractivity contribution in [3.05, 3.63) is 17.0 Å². The first-order valence-corrected chi connectivity index (χ1v) is 6.44. The van der Waals surface area contributed by atoms with Crippen molar-refractivity contribution in [3.63, 3.8) is 0 Å². The molecular formula is C13H22N4O2. The summed E-state index contributed by atoms with van der Waals surface area (Å²) in [6.45, 7) is 10.1. The molecule has 0 unspecified atom stereocenters. The first kappa shape index (κ1) is 15.2. The Bertz CT molecular complexity index is 479. The van der Waals surface area contributed by atoms with Crippen LogP contribution in [0.3, 0.4) is 0 Å². The second-order valence-corrected chi connectivity index (χ2v) is 4.60. The Morgan fingerprint density at radius 1 is 1.37 bits per heavy atom. The predicted molar refractivity (Wildman–Crippen MR) is 72.6 cm³/mol. The van der Waals surface area contributed by atoms with E-state index in [4.69, 9.17) is 0 Å². The summed E-state index contributed by atoms with van der Waals surface area (Å²) in [7, 11) is 0. The van der Waals surface area contributed by atoms with Gasteiger partial charge in [0.2, 0.25) is 11.8 Å². The Hall–Kier alpha value is -1.85. The quantitative estimate of drug-likeness (QED) is 0.829. The standard InChI is InChI=1S/C13H22N4O2/c1-6-17-10(4)13(9(3)16-17)8(2)15-12(19)7-14-11(5)18/h8H,6-7H2,1-5H3,(H,14,18)(H,15,19)/t8-/m1/s1. The highest BCUT2D eigenvalue weighted by Gasteiger charge is 2.18. The molecule has 0 aliphatic rings. The lowest BCUT2D eigenvalue weighted by atomic mass is 10.1. The Morgan fingerprint density at radius 3 is 2.47 bits per heavy atom. The fraction of sp³-hybridized carbons (Fsp3) is 0.615. The van der Waals surface area contributed by atoms with Crippen LogP contribution in [0.4, 0.5) is 0 Å². The summed E-state index contributed by atoms with van der Waals surface area (Å²) < 4.78 is 1.92. The molecule has 0 aromatic carbocycles. The van der Waals surface area contributed by atoms with E-state index in [1.165, 1.54) is 6.92 Å². The average Bonchev–Trinajstić information content (AvgIpc) is 2.61. The second kappa shape index (κ2) is 6.36. The van der Waals surface area contributed by atoms with Gasteiger partial charge in [0.05, 0.1) is 18.3 Å². The molecule has 0 fully saturated rings. The summed E-state index contributed by atoms with van der Waals surface area (Å²) in [5.41, 5.74) is 3.03. The smallest absolute Gasteiger partial charge is 0.239 e. The fourth-order valence-electron chi connectivity index (χ4n) is 2.21. The molecule has 0 bridgehead atoms. The van der Waals surface area contributed by atoms with Crippen molar-refractivity contribution in [1.82, 2.24) is 20.4 Å². The topological polar surface area (TPSA) is 76.0 Å². The van der Waals surface area contributed by atoms with E-state index in [-0.39, 0.29) is 24.4 Å². The molecule has 1 aromatic rings. The lowest BCUT2D eigenvalue weighted by Crippen LogP contribution is -2.37. The molecule has 0 aliphatic heterocycles. The van der Waals surface area contributed by atoms with Crippen molar-refractivity contribution in [3.8, 4) is 0 Å². The van der Waals surface area contributed by atoms with Crippen LogP contribution in [0.1, 0.15) is 43.8 Å². The Morgan fingerprint density at radius 2 is 2.00 bits per heavy atom. The van der Waals surface area contributed by atoms with E-state index in [1.54, 1.807) is 0 Å². The van der Waals surface area contributed by atoms with Gasteiger partial charge >= 0.3 is 0 Å². The van der Waals surface area contributed by atoms with E-state index in [9.17, 15) is 9.59 Å². The van der Waals surface area contributed by atoms with Crippen molar-refractivity contribution >= 4 is 11.8 Å². The van der Waals surface area contributed by atoms with E-state index in [2.05, 4.69) is 15.7 Å². The van der Waals surface area contributed by atoms with Crippen molar-refractivity contribution in [2.75, 3.05) is 6.54 Å². The van der Waals surface area contributed by atoms with Crippen LogP contribution in [0.5, 0.6) is 0 Å². The molecular weight excluding hydrogens is 244 g/mol. The molecule has 1 atom stereocenters. The lowest BCUT2D eigenvalue weighted by Gasteiger charge is -2.15. The van der Waals surface area contributed by atoms with E-state index in [0.717, 1.165) is 23.5 Å². The van der Waals surface area contributed by atoms with E-state index >= 15 is 0 Å². The van der Waals surface area contributed by atoms with Gasteiger partial charge in [-0.1, -0.05) is 0 Å². The van der Waals surface area contributed by atoms with Gasteiger partial charge in [0, 0.05) is 24.7 Å². The molecule has 6 heteroatoms. The molecule has 1 aromatic heterocycles. The van der Waals surface area contributed by atoms with Gasteiger partial charge in [0.15, 0.2) is 0 Å². The SMILES string of the molecule is CCn1nc(C)c([C@@H](C)NC(=O)CNC(C)=O)c1C. The molecule has 19 heavy (non-hydrogen) atoms. The fourth-order valence-corrected chi connectivity index (χ4v) is 2.21. The number of aryl methyl sites for hydroxylation is 2. The summed E-state index contributed by atoms with van der Waals surface area (Å²) in [6, 6.07) is -0.124. The summed E-state index contributed by atoms with van der Waals surface area (Å²) in [6.07, 6.45) is 0. The summed E-state index contributed by atoms with van der Waals surface area (Å²) >= 11 is 0. The Labute approximate surface area is 113 Å². The molecule has 0 spiro atoms. The molecule has 6 nitrogen and oxygen atoms in total. The molecule has 2 amide bonds. The monoisotopic (exact) mass is 266 g/mol. The number of carbonyl (C=O) groups excluding carboxylic acids is 2. The first-order chi connectivity index (χ1) is 8.86. The van der Waals surface area contributed by atoms with Crippen LogP contribution >= 0.6 is 0 Å². The van der Waals surface area contributed by atoms with Gasteiger partial charge in [-0.05, 0) is 27.7 Å². The zero-order valence-corrected chi connectivity index (χ0v) is 12.2. The average molecular weight is 266 g/mol. The van der Waals surface area contributed by atoms with Crippen LogP contribution < -0.4 is 10.6 Å². The lowest BCUT2D eigenvalue weighted by molar-refractivity contribution is -0.125. The molecule has 2 N–H and O–H groups in total. The molecule has 1 rings (SSSR count). The van der Waals surface area contributed by atoms with Gasteiger partial charge < -0.3 is 10.6 Å². The van der Waals surface area contributed by atoms with Crippen molar-refractivity contribution in [2.24, 2.45) is 0 Å². The van der Waals surface area contributed by atoms with Crippen LogP contribution in [0, 0.1) is 13.8 Å². The number of rotatable bonds is 5. The van der Waals surface area contributed by atoms with Crippen molar-refractivity contribution in [2.45, 2.75) is 47.2 Å². The van der Waals surface area contributed by atoms with E-state index < -0.39 is 0 Å². The highest BCUT2D eigenvalue weighted by atomic mass is 16.2. The van der Waals surface area contributed by atoms with Crippen LogP contribution in [-0.2, 0) is 16.1 Å². The number of hydrogen-bond donors (Lipinski definition) is 2. The molecule has 0 saturated carbocycles. The summed E-state index contributed by atoms with van der Waals surface area (Å²) in [4.78, 5) is 22.4. The first-order valence-electron chi connectivity index (χ1n) is 6.44. The summed E-state index contributed by atoms with van der Waals surface area (Å²) in [5, 5.41) is 9.77. The minimum absolute atomic E-state index is 0.000314. The number of amides is 2. The normalized spacial score (nSPS) is 12.1. The number of aromatic nitrogens is 2. The van der Waals surface area contributed by atoms with Gasteiger partial charge in [-0.2, -0.15) is 5.10 Å². The van der Waals surface area contributed by atoms with Crippen LogP contribution in [-0.4, -0.2) is 28.1 Å². The van der Waals surface area contributed by atoms with Crippen LogP contribution in [0.2, 0.25) is 0 Å². The number of nitrogens with one attached hydrogen (secondary N) is 2. The van der Waals surface area contributed by atoms with Gasteiger partial charge in [-0.25, -0.2) is 0 Å². The molecule has 0 aliphatic carbocycles. The molecule has 0 radical (unpaired) electrons. The van der Waals surface area contributed by atoms with Crippen LogP contribution in [0.25, 0.3) is 0 Å². The van der Waals surface area contributed by atoms with E-state index in [0.29, 0.717) is 0 Å². The van der Waals surface area contributed by atoms with Gasteiger partial charge in [0.25, 0.3) is 0 Å². The zero-order chi connectivity index (χ0) is 14.6. The maximum atomic E-state index is 11.7. The third-order valence-electron chi connectivity index (χ3n) is 3.05. The zero-order valence-electron chi connectivity index (χ0n) is 12.2. The van der Waals surface area contributed by atoms with E-state index in [1.807, 2.05) is 32.4 Å². The van der Waals surface area contributed by atoms with Crippen molar-refractivity contribution in [1.29, 1.82) is 0 Å². The minimum Gasteiger partial charge on any atom is -0.348 e. The minimum atomic E-state index is -0.214. The number of carbonyl (C=O) groups is 2. The van der Waals surface area contributed by atoms with Gasteiger partial charge in [0.1, 0.15) is 0 Å². The molecule has 0 saturated heterocycles. The second-order valence-electron chi connectivity index (χ2n) is 4.60. The predicted octanol–water partition coefficient (Wildman–Crippen LogP) is 0.833. The molecule has 1 heterocycles. The Kier molecular flexibility index (Phi) is 5.09. The van der Waals surface area contributed by atoms with Gasteiger partial charge in [-0.15, -0.1) is 0 Å². The van der Waals surface area contributed by atoms with Gasteiger partial charge in [-0.3, -0.25) is 14.3 Å². The third-order valence-corrected chi connectivity index (χ3v) is 3.05. The number of nitrogens with zero attached hydrogens (tertiary/aromatic N) is 2. The van der Waals surface area contributed by atoms with Crippen molar-refractivity contribution < 1.29 is 9.59 Å². The highest BCUT2D eigenvalue weighted by Crippen LogP contribution is 2.21. The maximum Gasteiger partial charge on any atom is 0.239 e. The maximum absolute atomic E-state index is 11.7. The number of hydrogen-bond acceptors (Lipinski definition) is 3. The Balaban J connectivity index is 2.73. The van der Waals surface area contributed by atoms with Crippen LogP contribution in [0.15, 0.2) is 0 Å². The molecule has 106 valence electrons.